The third kappa shape index (κ3) is 3.13. The van der Waals surface area contributed by atoms with Gasteiger partial charge in [-0.2, -0.15) is 10.1 Å². The Kier molecular flexibility index (Phi) is 4.27. The minimum Gasteiger partial charge on any atom is -0.434 e. The van der Waals surface area contributed by atoms with Crippen LogP contribution in [0.1, 0.15) is 6.92 Å². The van der Waals surface area contributed by atoms with E-state index >= 15 is 0 Å². The summed E-state index contributed by atoms with van der Waals surface area (Å²) in [7, 11) is -2.21. The fourth-order valence-electron chi connectivity index (χ4n) is 2.99. The van der Waals surface area contributed by atoms with Crippen molar-refractivity contribution in [2.24, 2.45) is 5.10 Å². The Morgan fingerprint density at radius 2 is 2.00 bits per heavy atom. The van der Waals surface area contributed by atoms with E-state index in [0.717, 1.165) is 0 Å². The Bertz CT molecular complexity index is 1110. The molecule has 0 saturated carbocycles. The van der Waals surface area contributed by atoms with Crippen LogP contribution in [0.2, 0.25) is 0 Å². The van der Waals surface area contributed by atoms with Gasteiger partial charge in [0.2, 0.25) is 15.9 Å². The molecule has 0 aliphatic carbocycles. The van der Waals surface area contributed by atoms with E-state index in [1.807, 2.05) is 0 Å². The number of pyridine rings is 1. The van der Waals surface area contributed by atoms with Crippen LogP contribution in [0.25, 0.3) is 22.7 Å². The second-order valence-corrected chi connectivity index (χ2v) is 8.39. The number of hydrogen-bond acceptors (Lipinski definition) is 7. The van der Waals surface area contributed by atoms with E-state index in [1.165, 1.54) is 5.01 Å². The first-order valence-corrected chi connectivity index (χ1v) is 10.1. The molecule has 2 unspecified atom stereocenters. The van der Waals surface area contributed by atoms with Crippen molar-refractivity contribution in [1.29, 1.82) is 0 Å². The summed E-state index contributed by atoms with van der Waals surface area (Å²) in [5.74, 6) is 0.276. The molecular weight excluding hydrogens is 390 g/mol. The van der Waals surface area contributed by atoms with Gasteiger partial charge in [-0.3, -0.25) is 9.73 Å². The molecule has 1 aliphatic rings. The van der Waals surface area contributed by atoms with Crippen molar-refractivity contribution in [3.8, 4) is 11.5 Å². The average molecular weight is 406 g/mol. The van der Waals surface area contributed by atoms with Gasteiger partial charge in [0.15, 0.2) is 16.5 Å². The third-order valence-electron chi connectivity index (χ3n) is 4.24. The van der Waals surface area contributed by atoms with Gasteiger partial charge in [0.05, 0.1) is 17.0 Å². The maximum Gasteiger partial charge on any atom is 0.244 e. The summed E-state index contributed by atoms with van der Waals surface area (Å²) >= 11 is 6.24. The number of halogens is 1. The molecule has 0 radical (unpaired) electrons. The molecule has 0 amide bonds. The zero-order valence-corrected chi connectivity index (χ0v) is 16.1. The molecule has 3 aromatic rings. The van der Waals surface area contributed by atoms with Crippen LogP contribution < -0.4 is 4.72 Å². The quantitative estimate of drug-likeness (QED) is 0.529. The monoisotopic (exact) mass is 405 g/mol. The Balaban J connectivity index is 1.72. The molecule has 1 aliphatic heterocycles. The fraction of sp³-hybridized carbons (Fsp3) is 0.235. The Morgan fingerprint density at radius 1 is 1.22 bits per heavy atom. The van der Waals surface area contributed by atoms with Crippen molar-refractivity contribution in [2.75, 3.05) is 11.8 Å². The molecule has 0 fully saturated rings. The van der Waals surface area contributed by atoms with Gasteiger partial charge in [-0.15, -0.1) is 0 Å². The number of anilines is 1. The number of benzene rings is 1. The molecule has 0 bridgehead atoms. The highest BCUT2D eigenvalue weighted by molar-refractivity contribution is 7.94. The highest BCUT2D eigenvalue weighted by Gasteiger charge is 2.42. The molecule has 0 spiro atoms. The topological polar surface area (TPSA) is 101 Å². The number of hydrazone groups is 1. The molecule has 1 aromatic carbocycles. The summed E-state index contributed by atoms with van der Waals surface area (Å²) in [6, 6.07) is 10.4. The average Bonchev–Trinajstić information content (AvgIpc) is 3.16. The van der Waals surface area contributed by atoms with Crippen molar-refractivity contribution >= 4 is 44.3 Å². The smallest absolute Gasteiger partial charge is 0.244 e. The Labute approximate surface area is 160 Å². The largest absolute Gasteiger partial charge is 0.434 e. The van der Waals surface area contributed by atoms with Crippen LogP contribution in [-0.2, 0) is 10.0 Å². The summed E-state index contributed by atoms with van der Waals surface area (Å²) < 4.78 is 34.3. The van der Waals surface area contributed by atoms with Gasteiger partial charge in [-0.1, -0.05) is 23.7 Å². The van der Waals surface area contributed by atoms with Crippen molar-refractivity contribution in [3.63, 3.8) is 0 Å². The van der Waals surface area contributed by atoms with E-state index in [4.69, 9.17) is 16.0 Å². The van der Waals surface area contributed by atoms with Crippen LogP contribution in [0, 0.1) is 0 Å². The number of alkyl halides is 1. The van der Waals surface area contributed by atoms with Crippen LogP contribution in [0.5, 0.6) is 0 Å². The summed E-state index contributed by atoms with van der Waals surface area (Å²) in [6.45, 7) is 1.64. The van der Waals surface area contributed by atoms with Gasteiger partial charge >= 0.3 is 0 Å². The number of aromatic nitrogens is 2. The van der Waals surface area contributed by atoms with Crippen molar-refractivity contribution in [3.05, 3.63) is 42.6 Å². The van der Waals surface area contributed by atoms with E-state index < -0.39 is 20.8 Å². The molecule has 1 N–H and O–H groups in total. The predicted octanol–water partition coefficient (Wildman–Crippen LogP) is 2.89. The van der Waals surface area contributed by atoms with Gasteiger partial charge in [-0.25, -0.2) is 13.4 Å². The summed E-state index contributed by atoms with van der Waals surface area (Å²) in [6.07, 6.45) is 1.61. The van der Waals surface area contributed by atoms with Crippen molar-refractivity contribution in [2.45, 2.75) is 17.7 Å². The number of rotatable bonds is 4. The van der Waals surface area contributed by atoms with Gasteiger partial charge in [0, 0.05) is 13.2 Å². The van der Waals surface area contributed by atoms with Crippen molar-refractivity contribution < 1.29 is 12.8 Å². The van der Waals surface area contributed by atoms with E-state index in [0.29, 0.717) is 28.2 Å². The standard InChI is InChI=1S/C17H16ClN5O3S/c1-10-14(15(18)23(2)21-10)27(24,25)22-12-7-4-3-6-11(12)17-20-16-13(26-17)8-5-9-19-16/h3-9,14-15,22H,1-2H3. The lowest BCUT2D eigenvalue weighted by Gasteiger charge is -2.20. The lowest BCUT2D eigenvalue weighted by atomic mass is 10.2. The first-order chi connectivity index (χ1) is 12.9. The molecule has 10 heteroatoms. The summed E-state index contributed by atoms with van der Waals surface area (Å²) in [5.41, 5.74) is 1.45. The molecule has 2 atom stereocenters. The van der Waals surface area contributed by atoms with Crippen molar-refractivity contribution in [1.82, 2.24) is 15.0 Å². The second-order valence-electron chi connectivity index (χ2n) is 6.15. The zero-order valence-electron chi connectivity index (χ0n) is 14.5. The highest BCUT2D eigenvalue weighted by atomic mass is 35.5. The molecule has 4 rings (SSSR count). The summed E-state index contributed by atoms with van der Waals surface area (Å²) in [5, 5.41) is 4.59. The Morgan fingerprint density at radius 3 is 2.70 bits per heavy atom. The number of fused-ring (bicyclic) bond motifs is 1. The van der Waals surface area contributed by atoms with Gasteiger partial charge in [0.25, 0.3) is 0 Å². The van der Waals surface area contributed by atoms with E-state index in [9.17, 15) is 8.42 Å². The van der Waals surface area contributed by atoms with Gasteiger partial charge < -0.3 is 4.42 Å². The van der Waals surface area contributed by atoms with E-state index in [1.54, 1.807) is 56.6 Å². The molecule has 0 saturated heterocycles. The molecule has 140 valence electrons. The van der Waals surface area contributed by atoms with Crippen LogP contribution in [0.15, 0.2) is 52.1 Å². The lowest BCUT2D eigenvalue weighted by Crippen LogP contribution is -2.40. The van der Waals surface area contributed by atoms with Gasteiger partial charge in [-0.05, 0) is 31.2 Å². The number of sulfonamides is 1. The minimum absolute atomic E-state index is 0.276. The zero-order chi connectivity index (χ0) is 19.2. The molecule has 2 aromatic heterocycles. The molecule has 8 nitrogen and oxygen atoms in total. The highest BCUT2D eigenvalue weighted by Crippen LogP contribution is 2.32. The fourth-order valence-corrected chi connectivity index (χ4v) is 5.20. The SMILES string of the molecule is CC1=NN(C)C(Cl)C1S(=O)(=O)Nc1ccccc1-c1nc2ncccc2o1. The lowest BCUT2D eigenvalue weighted by molar-refractivity contribution is 0.358. The van der Waals surface area contributed by atoms with E-state index in [-0.39, 0.29) is 5.89 Å². The Hall–Kier alpha value is -2.65. The van der Waals surface area contributed by atoms with E-state index in [2.05, 4.69) is 19.8 Å². The maximum absolute atomic E-state index is 13.0. The van der Waals surface area contributed by atoms with Crippen LogP contribution in [0.3, 0.4) is 0 Å². The first-order valence-electron chi connectivity index (χ1n) is 8.11. The molecular formula is C17H16ClN5O3S. The first kappa shape index (κ1) is 17.7. The number of hydrogen-bond donors (Lipinski definition) is 1. The van der Waals surface area contributed by atoms with Crippen LogP contribution >= 0.6 is 11.6 Å². The number of oxazole rings is 1. The molecule has 27 heavy (non-hydrogen) atoms. The summed E-state index contributed by atoms with van der Waals surface area (Å²) in [4.78, 5) is 8.48. The predicted molar refractivity (Wildman–Crippen MR) is 104 cm³/mol. The van der Waals surface area contributed by atoms with Crippen LogP contribution in [0.4, 0.5) is 5.69 Å². The number of nitrogens with zero attached hydrogens (tertiary/aromatic N) is 4. The number of nitrogens with one attached hydrogen (secondary N) is 1. The third-order valence-corrected chi connectivity index (χ3v) is 6.70. The minimum atomic E-state index is -3.84. The second kappa shape index (κ2) is 6.50. The van der Waals surface area contributed by atoms with Gasteiger partial charge in [0.1, 0.15) is 5.50 Å². The number of para-hydroxylation sites is 1. The van der Waals surface area contributed by atoms with Crippen LogP contribution in [-0.4, -0.2) is 46.9 Å². The normalized spacial score (nSPS) is 20.1. The molecule has 3 heterocycles. The maximum atomic E-state index is 13.0.